The topological polar surface area (TPSA) is 48.5 Å². The van der Waals surface area contributed by atoms with Gasteiger partial charge in [-0.3, -0.25) is 4.79 Å². The number of nitrogens with zero attached hydrogens (tertiary/aromatic N) is 3. The van der Waals surface area contributed by atoms with E-state index >= 15 is 0 Å². The first kappa shape index (κ1) is 16.0. The molecule has 2 rings (SSSR count). The van der Waals surface area contributed by atoms with Crippen molar-refractivity contribution in [3.05, 3.63) is 23.4 Å². The second kappa shape index (κ2) is 7.53. The largest absolute Gasteiger partial charge is 0.353 e. The molecule has 1 amide bonds. The Hall–Kier alpha value is -1.04. The second-order valence-electron chi connectivity index (χ2n) is 4.23. The van der Waals surface area contributed by atoms with E-state index in [4.69, 9.17) is 11.6 Å². The van der Waals surface area contributed by atoms with Crippen molar-refractivity contribution in [2.24, 2.45) is 0 Å². The van der Waals surface area contributed by atoms with E-state index in [2.05, 4.69) is 15.2 Å². The van der Waals surface area contributed by atoms with Crippen LogP contribution in [0.2, 0.25) is 5.02 Å². The molecule has 2 heterocycles. The number of aromatic nitrogens is 1. The van der Waals surface area contributed by atoms with Gasteiger partial charge in [-0.2, -0.15) is 0 Å². The molecule has 1 aromatic heterocycles. The summed E-state index contributed by atoms with van der Waals surface area (Å²) in [5.74, 6) is 1.07. The number of hydrogen-bond acceptors (Lipinski definition) is 4. The molecule has 19 heavy (non-hydrogen) atoms. The maximum absolute atomic E-state index is 11.7. The predicted octanol–water partition coefficient (Wildman–Crippen LogP) is 1.02. The third kappa shape index (κ3) is 4.23. The Morgan fingerprint density at radius 2 is 2.05 bits per heavy atom. The Balaban J connectivity index is 0.00000180. The number of nitrogens with one attached hydrogen (secondary N) is 1. The lowest BCUT2D eigenvalue weighted by Gasteiger charge is -2.35. The minimum atomic E-state index is 0. The van der Waals surface area contributed by atoms with Gasteiger partial charge in [-0.25, -0.2) is 4.98 Å². The maximum Gasteiger partial charge on any atom is 0.236 e. The number of piperazine rings is 1. The zero-order valence-electron chi connectivity index (χ0n) is 10.8. The molecule has 0 bridgehead atoms. The summed E-state index contributed by atoms with van der Waals surface area (Å²) in [5, 5.41) is 3.52. The number of likely N-dealkylation sites (N-methyl/N-ethyl adjacent to an activating group) is 1. The van der Waals surface area contributed by atoms with Gasteiger partial charge in [0.25, 0.3) is 0 Å². The Morgan fingerprint density at radius 3 is 2.58 bits per heavy atom. The summed E-state index contributed by atoms with van der Waals surface area (Å²) in [4.78, 5) is 20.0. The van der Waals surface area contributed by atoms with Crippen molar-refractivity contribution in [1.82, 2.24) is 15.2 Å². The van der Waals surface area contributed by atoms with Crippen LogP contribution in [-0.4, -0.2) is 55.6 Å². The maximum atomic E-state index is 11.7. The summed E-state index contributed by atoms with van der Waals surface area (Å²) in [6, 6.07) is 3.75. The van der Waals surface area contributed by atoms with E-state index in [-0.39, 0.29) is 18.3 Å². The molecule has 0 unspecified atom stereocenters. The molecule has 1 aromatic rings. The average Bonchev–Trinajstić information content (AvgIpc) is 2.40. The normalized spacial score (nSPS) is 15.1. The molecule has 1 aliphatic heterocycles. The first-order valence-corrected chi connectivity index (χ1v) is 6.37. The molecule has 1 fully saturated rings. The molecule has 7 heteroatoms. The molecule has 0 radical (unpaired) electrons. The Morgan fingerprint density at radius 1 is 1.37 bits per heavy atom. The Labute approximate surface area is 124 Å². The standard InChI is InChI=1S/C12H17ClN4O.ClH/c1-14-9-12(18)17-6-4-16(5-7-17)11-3-2-10(13)8-15-11;/h2-3,8,14H,4-7,9H2,1H3;1H. The van der Waals surface area contributed by atoms with Crippen LogP contribution >= 0.6 is 24.0 Å². The van der Waals surface area contributed by atoms with Crippen molar-refractivity contribution in [2.75, 3.05) is 44.7 Å². The van der Waals surface area contributed by atoms with Crippen LogP contribution < -0.4 is 10.2 Å². The lowest BCUT2D eigenvalue weighted by atomic mass is 10.3. The summed E-state index contributed by atoms with van der Waals surface area (Å²) in [6.45, 7) is 3.50. The van der Waals surface area contributed by atoms with E-state index in [0.29, 0.717) is 11.6 Å². The number of halogens is 2. The van der Waals surface area contributed by atoms with Crippen LogP contribution in [0.25, 0.3) is 0 Å². The van der Waals surface area contributed by atoms with Gasteiger partial charge in [0.2, 0.25) is 5.91 Å². The molecule has 5 nitrogen and oxygen atoms in total. The Bertz CT molecular complexity index is 405. The monoisotopic (exact) mass is 304 g/mol. The smallest absolute Gasteiger partial charge is 0.236 e. The van der Waals surface area contributed by atoms with Crippen LogP contribution in [0.4, 0.5) is 5.82 Å². The molecule has 0 atom stereocenters. The summed E-state index contributed by atoms with van der Waals surface area (Å²) >= 11 is 5.81. The highest BCUT2D eigenvalue weighted by atomic mass is 35.5. The zero-order chi connectivity index (χ0) is 13.0. The molecule has 1 saturated heterocycles. The number of pyridine rings is 1. The zero-order valence-corrected chi connectivity index (χ0v) is 12.4. The molecule has 0 aromatic carbocycles. The summed E-state index contributed by atoms with van der Waals surface area (Å²) in [6.07, 6.45) is 1.65. The predicted molar refractivity (Wildman–Crippen MR) is 79.2 cm³/mol. The molecule has 0 aliphatic carbocycles. The van der Waals surface area contributed by atoms with Crippen LogP contribution in [0, 0.1) is 0 Å². The highest BCUT2D eigenvalue weighted by molar-refractivity contribution is 6.30. The molecule has 0 spiro atoms. The first-order valence-electron chi connectivity index (χ1n) is 5.99. The number of anilines is 1. The number of carbonyl (C=O) groups excluding carboxylic acids is 1. The van der Waals surface area contributed by atoms with Crippen LogP contribution in [0.15, 0.2) is 18.3 Å². The third-order valence-corrected chi connectivity index (χ3v) is 3.22. The summed E-state index contributed by atoms with van der Waals surface area (Å²) < 4.78 is 0. The lowest BCUT2D eigenvalue weighted by Crippen LogP contribution is -2.50. The van der Waals surface area contributed by atoms with Gasteiger partial charge in [0.1, 0.15) is 5.82 Å². The molecule has 1 aliphatic rings. The van der Waals surface area contributed by atoms with Crippen molar-refractivity contribution in [3.8, 4) is 0 Å². The summed E-state index contributed by atoms with van der Waals surface area (Å²) in [7, 11) is 1.78. The van der Waals surface area contributed by atoms with E-state index < -0.39 is 0 Å². The minimum Gasteiger partial charge on any atom is -0.353 e. The van der Waals surface area contributed by atoms with E-state index in [9.17, 15) is 4.79 Å². The molecule has 0 saturated carbocycles. The van der Waals surface area contributed by atoms with Gasteiger partial charge in [-0.05, 0) is 19.2 Å². The van der Waals surface area contributed by atoms with Crippen molar-refractivity contribution in [2.45, 2.75) is 0 Å². The average molecular weight is 305 g/mol. The van der Waals surface area contributed by atoms with Gasteiger partial charge in [-0.1, -0.05) is 11.6 Å². The van der Waals surface area contributed by atoms with Gasteiger partial charge < -0.3 is 15.1 Å². The fourth-order valence-electron chi connectivity index (χ4n) is 2.00. The van der Waals surface area contributed by atoms with Gasteiger partial charge in [-0.15, -0.1) is 12.4 Å². The molecular formula is C12H18Cl2N4O. The second-order valence-corrected chi connectivity index (χ2v) is 4.67. The number of hydrogen-bond donors (Lipinski definition) is 1. The highest BCUT2D eigenvalue weighted by Gasteiger charge is 2.21. The number of rotatable bonds is 3. The number of amides is 1. The van der Waals surface area contributed by atoms with Crippen molar-refractivity contribution < 1.29 is 4.79 Å². The van der Waals surface area contributed by atoms with Crippen LogP contribution in [0.1, 0.15) is 0 Å². The van der Waals surface area contributed by atoms with E-state index in [0.717, 1.165) is 32.0 Å². The van der Waals surface area contributed by atoms with Crippen LogP contribution in [-0.2, 0) is 4.79 Å². The fraction of sp³-hybridized carbons (Fsp3) is 0.500. The van der Waals surface area contributed by atoms with Crippen LogP contribution in [0.3, 0.4) is 0 Å². The van der Waals surface area contributed by atoms with E-state index in [1.54, 1.807) is 13.2 Å². The molecule has 106 valence electrons. The highest BCUT2D eigenvalue weighted by Crippen LogP contribution is 2.16. The van der Waals surface area contributed by atoms with Gasteiger partial charge in [0.15, 0.2) is 0 Å². The van der Waals surface area contributed by atoms with E-state index in [1.807, 2.05) is 17.0 Å². The van der Waals surface area contributed by atoms with Gasteiger partial charge in [0.05, 0.1) is 11.6 Å². The van der Waals surface area contributed by atoms with Crippen molar-refractivity contribution in [3.63, 3.8) is 0 Å². The lowest BCUT2D eigenvalue weighted by molar-refractivity contribution is -0.130. The van der Waals surface area contributed by atoms with E-state index in [1.165, 1.54) is 0 Å². The van der Waals surface area contributed by atoms with Crippen molar-refractivity contribution >= 4 is 35.7 Å². The van der Waals surface area contributed by atoms with Gasteiger partial charge >= 0.3 is 0 Å². The Kier molecular flexibility index (Phi) is 6.34. The molecular weight excluding hydrogens is 287 g/mol. The SMILES string of the molecule is CNCC(=O)N1CCN(c2ccc(Cl)cn2)CC1.Cl. The van der Waals surface area contributed by atoms with Crippen LogP contribution in [0.5, 0.6) is 0 Å². The third-order valence-electron chi connectivity index (χ3n) is 3.00. The summed E-state index contributed by atoms with van der Waals surface area (Å²) in [5.41, 5.74) is 0. The number of carbonyl (C=O) groups is 1. The van der Waals surface area contributed by atoms with Gasteiger partial charge in [0, 0.05) is 32.4 Å². The minimum absolute atomic E-state index is 0. The fourth-order valence-corrected chi connectivity index (χ4v) is 2.11. The van der Waals surface area contributed by atoms with Crippen molar-refractivity contribution in [1.29, 1.82) is 0 Å². The quantitative estimate of drug-likeness (QED) is 0.906. The first-order chi connectivity index (χ1) is 8.70. The molecule has 1 N–H and O–H groups in total.